The minimum Gasteiger partial charge on any atom is -0.452 e. The summed E-state index contributed by atoms with van der Waals surface area (Å²) in [5.41, 5.74) is 0.962. The van der Waals surface area contributed by atoms with Crippen LogP contribution in [0, 0.1) is 0 Å². The van der Waals surface area contributed by atoms with E-state index in [1.165, 1.54) is 11.3 Å². The smallest absolute Gasteiger partial charge is 0.338 e. The molecule has 7 nitrogen and oxygen atoms in total. The molecule has 0 spiro atoms. The topological polar surface area (TPSA) is 94.3 Å². The lowest BCUT2D eigenvalue weighted by atomic mass is 10.2. The number of amides is 1. The Hall–Kier alpha value is -3.00. The molecule has 25 heavy (non-hydrogen) atoms. The van der Waals surface area contributed by atoms with Gasteiger partial charge in [-0.25, -0.2) is 4.79 Å². The Morgan fingerprint density at radius 3 is 2.56 bits per heavy atom. The number of rotatable bonds is 6. The summed E-state index contributed by atoms with van der Waals surface area (Å²) >= 11 is 1.36. The predicted octanol–water partition coefficient (Wildman–Crippen LogP) is 3.30. The highest BCUT2D eigenvalue weighted by Gasteiger charge is 2.12. The summed E-state index contributed by atoms with van der Waals surface area (Å²) in [6.07, 6.45) is 0.625. The Morgan fingerprint density at radius 1 is 1.16 bits per heavy atom. The third kappa shape index (κ3) is 4.30. The van der Waals surface area contributed by atoms with Crippen molar-refractivity contribution in [3.63, 3.8) is 0 Å². The van der Waals surface area contributed by atoms with E-state index in [9.17, 15) is 9.59 Å². The fourth-order valence-electron chi connectivity index (χ4n) is 1.99. The molecule has 0 unspecified atom stereocenters. The van der Waals surface area contributed by atoms with E-state index in [4.69, 9.17) is 9.15 Å². The largest absolute Gasteiger partial charge is 0.452 e. The van der Waals surface area contributed by atoms with Crippen LogP contribution >= 0.6 is 11.3 Å². The molecule has 0 saturated carbocycles. The highest BCUT2D eigenvalue weighted by Crippen LogP contribution is 2.15. The zero-order chi connectivity index (χ0) is 17.6. The van der Waals surface area contributed by atoms with Crippen molar-refractivity contribution in [1.29, 1.82) is 0 Å². The molecule has 2 aromatic heterocycles. The third-order valence-electron chi connectivity index (χ3n) is 3.26. The Bertz CT molecular complexity index is 856. The van der Waals surface area contributed by atoms with Crippen LogP contribution in [0.3, 0.4) is 0 Å². The Morgan fingerprint density at radius 2 is 1.92 bits per heavy atom. The van der Waals surface area contributed by atoms with Gasteiger partial charge in [-0.3, -0.25) is 4.79 Å². The van der Waals surface area contributed by atoms with E-state index in [2.05, 4.69) is 15.5 Å². The first-order chi connectivity index (χ1) is 12.2. The summed E-state index contributed by atoms with van der Waals surface area (Å²) in [6.45, 7) is 1.81. The van der Waals surface area contributed by atoms with Gasteiger partial charge < -0.3 is 14.5 Å². The summed E-state index contributed by atoms with van der Waals surface area (Å²) in [4.78, 5) is 24.6. The zero-order valence-corrected chi connectivity index (χ0v) is 14.2. The van der Waals surface area contributed by atoms with Crippen LogP contribution in [-0.4, -0.2) is 22.1 Å². The van der Waals surface area contributed by atoms with Gasteiger partial charge in [-0.05, 0) is 35.7 Å². The first kappa shape index (κ1) is 16.8. The fraction of sp³-hybridized carbons (Fsp3) is 0.176. The van der Waals surface area contributed by atoms with Gasteiger partial charge in [0.15, 0.2) is 6.61 Å². The number of benzene rings is 1. The molecule has 1 aromatic carbocycles. The van der Waals surface area contributed by atoms with Gasteiger partial charge in [0.05, 0.1) is 10.4 Å². The van der Waals surface area contributed by atoms with Gasteiger partial charge in [0.1, 0.15) is 0 Å². The normalized spacial score (nSPS) is 10.4. The first-order valence-corrected chi connectivity index (χ1v) is 8.47. The SMILES string of the molecule is CCc1nnc(COC(=O)c2ccc(NC(=O)c3cccs3)cc2)o1. The van der Waals surface area contributed by atoms with Crippen LogP contribution < -0.4 is 5.32 Å². The van der Waals surface area contributed by atoms with Gasteiger partial charge in [0, 0.05) is 12.1 Å². The number of esters is 1. The number of aromatic nitrogens is 2. The lowest BCUT2D eigenvalue weighted by molar-refractivity contribution is 0.0436. The molecule has 1 amide bonds. The van der Waals surface area contributed by atoms with Gasteiger partial charge in [0.25, 0.3) is 11.8 Å². The van der Waals surface area contributed by atoms with Gasteiger partial charge >= 0.3 is 5.97 Å². The molecule has 3 rings (SSSR count). The zero-order valence-electron chi connectivity index (χ0n) is 13.4. The molecule has 0 aliphatic heterocycles. The number of ether oxygens (including phenoxy) is 1. The molecule has 0 radical (unpaired) electrons. The standard InChI is InChI=1S/C17H15N3O4S/c1-2-14-19-20-15(24-14)10-23-17(22)11-5-7-12(8-6-11)18-16(21)13-4-3-9-25-13/h3-9H,2,10H2,1H3,(H,18,21). The average molecular weight is 357 g/mol. The number of aryl methyl sites for hydroxylation is 1. The molecule has 0 fully saturated rings. The molecule has 0 aliphatic carbocycles. The maximum atomic E-state index is 12.0. The lowest BCUT2D eigenvalue weighted by Gasteiger charge is -2.05. The fourth-order valence-corrected chi connectivity index (χ4v) is 2.61. The Balaban J connectivity index is 1.55. The van der Waals surface area contributed by atoms with Crippen molar-refractivity contribution in [3.8, 4) is 0 Å². The summed E-state index contributed by atoms with van der Waals surface area (Å²) in [7, 11) is 0. The van der Waals surface area contributed by atoms with Crippen molar-refractivity contribution >= 4 is 28.9 Å². The maximum Gasteiger partial charge on any atom is 0.338 e. The van der Waals surface area contributed by atoms with Crippen molar-refractivity contribution in [2.24, 2.45) is 0 Å². The molecule has 0 bridgehead atoms. The Kier molecular flexibility index (Phi) is 5.20. The third-order valence-corrected chi connectivity index (χ3v) is 4.13. The molecular formula is C17H15N3O4S. The highest BCUT2D eigenvalue weighted by molar-refractivity contribution is 7.12. The van der Waals surface area contributed by atoms with Gasteiger partial charge in [-0.2, -0.15) is 0 Å². The van der Waals surface area contributed by atoms with Crippen LogP contribution in [0.25, 0.3) is 0 Å². The van der Waals surface area contributed by atoms with Crippen molar-refractivity contribution in [2.45, 2.75) is 20.0 Å². The van der Waals surface area contributed by atoms with Crippen LogP contribution in [0.1, 0.15) is 38.7 Å². The summed E-state index contributed by atoms with van der Waals surface area (Å²) in [6, 6.07) is 10.0. The van der Waals surface area contributed by atoms with Crippen molar-refractivity contribution in [2.75, 3.05) is 5.32 Å². The number of thiophene rings is 1. The molecule has 1 N–H and O–H groups in total. The van der Waals surface area contributed by atoms with E-state index < -0.39 is 5.97 Å². The van der Waals surface area contributed by atoms with Crippen LogP contribution in [-0.2, 0) is 17.8 Å². The average Bonchev–Trinajstić information content (AvgIpc) is 3.32. The minimum atomic E-state index is -0.507. The van der Waals surface area contributed by atoms with E-state index in [-0.39, 0.29) is 18.4 Å². The van der Waals surface area contributed by atoms with E-state index in [0.717, 1.165) is 0 Å². The number of hydrogen-bond donors (Lipinski definition) is 1. The summed E-state index contributed by atoms with van der Waals surface area (Å²) < 4.78 is 10.4. The number of anilines is 1. The van der Waals surface area contributed by atoms with Gasteiger partial charge in [-0.15, -0.1) is 21.5 Å². The molecule has 0 saturated heterocycles. The molecule has 8 heteroatoms. The van der Waals surface area contributed by atoms with Gasteiger partial charge in [-0.1, -0.05) is 13.0 Å². The number of carbonyl (C=O) groups is 2. The molecule has 3 aromatic rings. The molecule has 2 heterocycles. The Labute approximate surface area is 147 Å². The van der Waals surface area contributed by atoms with Crippen molar-refractivity contribution < 1.29 is 18.7 Å². The number of nitrogens with zero attached hydrogens (tertiary/aromatic N) is 2. The number of nitrogens with one attached hydrogen (secondary N) is 1. The van der Waals surface area contributed by atoms with Crippen LogP contribution in [0.2, 0.25) is 0 Å². The van der Waals surface area contributed by atoms with Gasteiger partial charge in [0.2, 0.25) is 5.89 Å². The quantitative estimate of drug-likeness (QED) is 0.680. The predicted molar refractivity (Wildman–Crippen MR) is 91.5 cm³/mol. The lowest BCUT2D eigenvalue weighted by Crippen LogP contribution is -2.10. The first-order valence-electron chi connectivity index (χ1n) is 7.59. The molecule has 0 aliphatic rings. The minimum absolute atomic E-state index is 0.0807. The van der Waals surface area contributed by atoms with E-state index >= 15 is 0 Å². The van der Waals surface area contributed by atoms with Crippen molar-refractivity contribution in [3.05, 3.63) is 64.0 Å². The molecule has 0 atom stereocenters. The second kappa shape index (κ2) is 7.71. The number of carbonyl (C=O) groups excluding carboxylic acids is 2. The number of hydrogen-bond acceptors (Lipinski definition) is 7. The molecular weight excluding hydrogens is 342 g/mol. The van der Waals surface area contributed by atoms with E-state index in [1.807, 2.05) is 18.4 Å². The highest BCUT2D eigenvalue weighted by atomic mass is 32.1. The van der Waals surface area contributed by atoms with Crippen molar-refractivity contribution in [1.82, 2.24) is 10.2 Å². The van der Waals surface area contributed by atoms with Crippen LogP contribution in [0.4, 0.5) is 5.69 Å². The summed E-state index contributed by atoms with van der Waals surface area (Å²) in [5, 5.41) is 12.2. The van der Waals surface area contributed by atoms with E-state index in [1.54, 1.807) is 30.3 Å². The summed E-state index contributed by atoms with van der Waals surface area (Å²) in [5.74, 6) is 0.0581. The van der Waals surface area contributed by atoms with E-state index in [0.29, 0.717) is 28.4 Å². The molecule has 128 valence electrons. The van der Waals surface area contributed by atoms with Crippen LogP contribution in [0.15, 0.2) is 46.2 Å². The maximum absolute atomic E-state index is 12.0. The second-order valence-corrected chi connectivity index (χ2v) is 5.98. The monoisotopic (exact) mass is 357 g/mol. The van der Waals surface area contributed by atoms with Crippen LogP contribution in [0.5, 0.6) is 0 Å². The second-order valence-electron chi connectivity index (χ2n) is 5.03.